The predicted octanol–water partition coefficient (Wildman–Crippen LogP) is 1.04. The molecule has 0 aromatic heterocycles. The fourth-order valence-electron chi connectivity index (χ4n) is 1.23. The highest BCUT2D eigenvalue weighted by Crippen LogP contribution is 2.08. The molecule has 0 aliphatic rings. The third-order valence-electron chi connectivity index (χ3n) is 2.74. The zero-order valence-electron chi connectivity index (χ0n) is 11.3. The largest absolute Gasteiger partial charge is 0.394 e. The summed E-state index contributed by atoms with van der Waals surface area (Å²) in [5, 5.41) is 15.2. The third-order valence-corrected chi connectivity index (χ3v) is 2.74. The molecule has 4 nitrogen and oxygen atoms in total. The third kappa shape index (κ3) is 5.47. The van der Waals surface area contributed by atoms with E-state index in [1.807, 2.05) is 34.6 Å². The highest BCUT2D eigenvalue weighted by molar-refractivity contribution is 5.82. The van der Waals surface area contributed by atoms with Crippen LogP contribution in [0.25, 0.3) is 0 Å². The Hall–Kier alpha value is -0.610. The van der Waals surface area contributed by atoms with E-state index in [0.29, 0.717) is 0 Å². The van der Waals surface area contributed by atoms with Gasteiger partial charge < -0.3 is 10.4 Å². The van der Waals surface area contributed by atoms with Crippen molar-refractivity contribution in [2.24, 2.45) is 0 Å². The number of nitrogens with one attached hydrogen (secondary N) is 2. The number of hydrogen-bond donors (Lipinski definition) is 3. The molecule has 0 aromatic rings. The quantitative estimate of drug-likeness (QED) is 0.639. The molecule has 1 atom stereocenters. The number of rotatable bonds is 6. The van der Waals surface area contributed by atoms with E-state index in [-0.39, 0.29) is 24.1 Å². The van der Waals surface area contributed by atoms with Gasteiger partial charge in [0.15, 0.2) is 0 Å². The van der Waals surface area contributed by atoms with Crippen LogP contribution in [0.1, 0.15) is 48.0 Å². The van der Waals surface area contributed by atoms with E-state index in [9.17, 15) is 4.79 Å². The highest BCUT2D eigenvalue weighted by atomic mass is 16.3. The molecule has 0 saturated heterocycles. The zero-order chi connectivity index (χ0) is 13.0. The lowest BCUT2D eigenvalue weighted by atomic mass is 10.0. The Morgan fingerprint density at radius 2 is 1.75 bits per heavy atom. The molecule has 1 amide bonds. The summed E-state index contributed by atoms with van der Waals surface area (Å²) in [7, 11) is 0. The van der Waals surface area contributed by atoms with Gasteiger partial charge in [0.05, 0.1) is 12.6 Å². The molecule has 0 radical (unpaired) electrons. The van der Waals surface area contributed by atoms with E-state index in [1.165, 1.54) is 0 Å². The van der Waals surface area contributed by atoms with Gasteiger partial charge >= 0.3 is 0 Å². The molecule has 3 N–H and O–H groups in total. The van der Waals surface area contributed by atoms with E-state index >= 15 is 0 Å². The van der Waals surface area contributed by atoms with E-state index in [4.69, 9.17) is 5.11 Å². The summed E-state index contributed by atoms with van der Waals surface area (Å²) in [5.74, 6) is -0.0339. The first kappa shape index (κ1) is 15.4. The van der Waals surface area contributed by atoms with Crippen molar-refractivity contribution in [1.82, 2.24) is 10.6 Å². The van der Waals surface area contributed by atoms with Gasteiger partial charge in [-0.25, -0.2) is 0 Å². The first-order valence-corrected chi connectivity index (χ1v) is 5.84. The second-order valence-corrected chi connectivity index (χ2v) is 5.63. The molecule has 0 bridgehead atoms. The topological polar surface area (TPSA) is 61.4 Å². The minimum absolute atomic E-state index is 0.00178. The number of carbonyl (C=O) groups is 1. The van der Waals surface area contributed by atoms with Crippen molar-refractivity contribution >= 4 is 5.91 Å². The SMILES string of the molecule is CCC(C)(C)NC(=O)C(C)NC(C)(C)CO. The second-order valence-electron chi connectivity index (χ2n) is 5.63. The van der Waals surface area contributed by atoms with E-state index in [2.05, 4.69) is 10.6 Å². The van der Waals surface area contributed by atoms with Crippen LogP contribution in [-0.4, -0.2) is 34.7 Å². The molecule has 0 aliphatic carbocycles. The molecule has 0 fully saturated rings. The minimum atomic E-state index is -0.437. The molecule has 0 spiro atoms. The molecular formula is C12H26N2O2. The van der Waals surface area contributed by atoms with Crippen molar-refractivity contribution in [1.29, 1.82) is 0 Å². The number of hydrogen-bond acceptors (Lipinski definition) is 3. The standard InChI is InChI=1S/C12H26N2O2/c1-7-11(3,4)14-10(16)9(2)13-12(5,6)8-15/h9,13,15H,7-8H2,1-6H3,(H,14,16). The first-order chi connectivity index (χ1) is 7.13. The maximum absolute atomic E-state index is 11.9. The molecule has 4 heteroatoms. The van der Waals surface area contributed by atoms with Crippen LogP contribution >= 0.6 is 0 Å². The summed E-state index contributed by atoms with van der Waals surface area (Å²) in [6, 6.07) is -0.312. The molecule has 0 heterocycles. The second kappa shape index (κ2) is 5.64. The van der Waals surface area contributed by atoms with Gasteiger partial charge in [-0.3, -0.25) is 10.1 Å². The van der Waals surface area contributed by atoms with Crippen molar-refractivity contribution in [2.75, 3.05) is 6.61 Å². The van der Waals surface area contributed by atoms with Gasteiger partial charge in [-0.15, -0.1) is 0 Å². The Bertz CT molecular complexity index is 237. The van der Waals surface area contributed by atoms with Crippen LogP contribution in [0.5, 0.6) is 0 Å². The van der Waals surface area contributed by atoms with Gasteiger partial charge in [0, 0.05) is 11.1 Å². The summed E-state index contributed by atoms with van der Waals surface area (Å²) in [6.45, 7) is 11.6. The van der Waals surface area contributed by atoms with Crippen molar-refractivity contribution < 1.29 is 9.90 Å². The minimum Gasteiger partial charge on any atom is -0.394 e. The number of aliphatic hydroxyl groups is 1. The van der Waals surface area contributed by atoms with E-state index < -0.39 is 5.54 Å². The lowest BCUT2D eigenvalue weighted by Gasteiger charge is -2.31. The van der Waals surface area contributed by atoms with Crippen LogP contribution in [-0.2, 0) is 4.79 Å². The lowest BCUT2D eigenvalue weighted by Crippen LogP contribution is -2.56. The maximum Gasteiger partial charge on any atom is 0.237 e. The fraction of sp³-hybridized carbons (Fsp3) is 0.917. The van der Waals surface area contributed by atoms with Crippen LogP contribution in [0.2, 0.25) is 0 Å². The predicted molar refractivity (Wildman–Crippen MR) is 66.3 cm³/mol. The monoisotopic (exact) mass is 230 g/mol. The van der Waals surface area contributed by atoms with Crippen LogP contribution in [0, 0.1) is 0 Å². The van der Waals surface area contributed by atoms with Gasteiger partial charge in [-0.1, -0.05) is 6.92 Å². The Morgan fingerprint density at radius 3 is 2.12 bits per heavy atom. The highest BCUT2D eigenvalue weighted by Gasteiger charge is 2.26. The molecule has 1 unspecified atom stereocenters. The van der Waals surface area contributed by atoms with Gasteiger partial charge in [0.2, 0.25) is 5.91 Å². The zero-order valence-corrected chi connectivity index (χ0v) is 11.3. The van der Waals surface area contributed by atoms with Crippen LogP contribution in [0.3, 0.4) is 0 Å². The molecule has 16 heavy (non-hydrogen) atoms. The molecule has 0 saturated carbocycles. The van der Waals surface area contributed by atoms with E-state index in [0.717, 1.165) is 6.42 Å². The van der Waals surface area contributed by atoms with E-state index in [1.54, 1.807) is 6.92 Å². The summed E-state index contributed by atoms with van der Waals surface area (Å²) in [4.78, 5) is 11.9. The average molecular weight is 230 g/mol. The Balaban J connectivity index is 4.30. The van der Waals surface area contributed by atoms with Gasteiger partial charge in [0.25, 0.3) is 0 Å². The number of aliphatic hydroxyl groups excluding tert-OH is 1. The van der Waals surface area contributed by atoms with Crippen LogP contribution < -0.4 is 10.6 Å². The van der Waals surface area contributed by atoms with Crippen molar-refractivity contribution in [2.45, 2.75) is 65.1 Å². The van der Waals surface area contributed by atoms with Crippen molar-refractivity contribution in [3.63, 3.8) is 0 Å². The Kier molecular flexibility index (Phi) is 5.42. The first-order valence-electron chi connectivity index (χ1n) is 5.84. The average Bonchev–Trinajstić information content (AvgIpc) is 2.16. The van der Waals surface area contributed by atoms with Crippen LogP contribution in [0.4, 0.5) is 0 Å². The summed E-state index contributed by atoms with van der Waals surface area (Å²) in [5.41, 5.74) is -0.622. The molecule has 0 rings (SSSR count). The van der Waals surface area contributed by atoms with Gasteiger partial charge in [0.1, 0.15) is 0 Å². The Labute approximate surface area is 98.8 Å². The number of carbonyl (C=O) groups excluding carboxylic acids is 1. The van der Waals surface area contributed by atoms with Gasteiger partial charge in [-0.2, -0.15) is 0 Å². The molecule has 0 aliphatic heterocycles. The molecule has 0 aromatic carbocycles. The van der Waals surface area contributed by atoms with Crippen molar-refractivity contribution in [3.8, 4) is 0 Å². The lowest BCUT2D eigenvalue weighted by molar-refractivity contribution is -0.125. The van der Waals surface area contributed by atoms with Gasteiger partial charge in [-0.05, 0) is 41.0 Å². The van der Waals surface area contributed by atoms with Crippen molar-refractivity contribution in [3.05, 3.63) is 0 Å². The maximum atomic E-state index is 11.9. The summed E-state index contributed by atoms with van der Waals surface area (Å²) < 4.78 is 0. The summed E-state index contributed by atoms with van der Waals surface area (Å²) >= 11 is 0. The fourth-order valence-corrected chi connectivity index (χ4v) is 1.23. The molecular weight excluding hydrogens is 204 g/mol. The Morgan fingerprint density at radius 1 is 1.25 bits per heavy atom. The number of amides is 1. The summed E-state index contributed by atoms with van der Waals surface area (Å²) in [6.07, 6.45) is 0.884. The smallest absolute Gasteiger partial charge is 0.237 e. The normalized spacial score (nSPS) is 14.7. The molecule has 96 valence electrons. The van der Waals surface area contributed by atoms with Crippen LogP contribution in [0.15, 0.2) is 0 Å².